The summed E-state index contributed by atoms with van der Waals surface area (Å²) in [5.41, 5.74) is 7.28. The molecule has 2 heterocycles. The van der Waals surface area contributed by atoms with Crippen LogP contribution in [0.2, 0.25) is 0 Å². The summed E-state index contributed by atoms with van der Waals surface area (Å²) in [5.74, 6) is 2.10. The van der Waals surface area contributed by atoms with Crippen LogP contribution in [0.5, 0.6) is 0 Å². The standard InChI is InChI=1S/C15H22IN3O/c16-13-14(10-5-1-2-6-10)18-12(19-15(13)17)9-11-7-3-4-8-20-11/h10-11H,1-9H2,(H2,17,18,19). The van der Waals surface area contributed by atoms with Gasteiger partial charge in [0.25, 0.3) is 0 Å². The molecule has 5 heteroatoms. The normalized spacial score (nSPS) is 24.1. The molecular formula is C15H22IN3O. The minimum Gasteiger partial charge on any atom is -0.383 e. The van der Waals surface area contributed by atoms with E-state index in [2.05, 4.69) is 27.6 Å². The second-order valence-electron chi connectivity index (χ2n) is 5.90. The summed E-state index contributed by atoms with van der Waals surface area (Å²) in [6.45, 7) is 0.875. The van der Waals surface area contributed by atoms with Crippen molar-refractivity contribution in [2.45, 2.75) is 63.4 Å². The van der Waals surface area contributed by atoms with Crippen molar-refractivity contribution in [1.29, 1.82) is 0 Å². The van der Waals surface area contributed by atoms with Crippen molar-refractivity contribution in [3.63, 3.8) is 0 Å². The molecule has 2 aliphatic rings. The van der Waals surface area contributed by atoms with Crippen molar-refractivity contribution in [2.24, 2.45) is 0 Å². The topological polar surface area (TPSA) is 61.0 Å². The predicted octanol–water partition coefficient (Wildman–Crippen LogP) is 3.43. The van der Waals surface area contributed by atoms with Gasteiger partial charge in [0, 0.05) is 18.9 Å². The summed E-state index contributed by atoms with van der Waals surface area (Å²) < 4.78 is 6.85. The largest absolute Gasteiger partial charge is 0.383 e. The number of nitrogens with two attached hydrogens (primary N) is 1. The van der Waals surface area contributed by atoms with Gasteiger partial charge in [-0.1, -0.05) is 12.8 Å². The fourth-order valence-corrected chi connectivity index (χ4v) is 3.95. The van der Waals surface area contributed by atoms with Crippen LogP contribution >= 0.6 is 22.6 Å². The fraction of sp³-hybridized carbons (Fsp3) is 0.733. The minimum absolute atomic E-state index is 0.277. The molecule has 1 aliphatic heterocycles. The van der Waals surface area contributed by atoms with E-state index < -0.39 is 0 Å². The molecule has 0 radical (unpaired) electrons. The van der Waals surface area contributed by atoms with E-state index in [1.807, 2.05) is 0 Å². The van der Waals surface area contributed by atoms with Crippen LogP contribution in [-0.2, 0) is 11.2 Å². The van der Waals surface area contributed by atoms with Gasteiger partial charge >= 0.3 is 0 Å². The first-order valence-corrected chi connectivity index (χ1v) is 8.75. The first-order valence-electron chi connectivity index (χ1n) is 7.67. The van der Waals surface area contributed by atoms with Crippen LogP contribution in [0.15, 0.2) is 0 Å². The molecule has 1 saturated carbocycles. The van der Waals surface area contributed by atoms with Crippen LogP contribution in [0.25, 0.3) is 0 Å². The maximum atomic E-state index is 6.09. The predicted molar refractivity (Wildman–Crippen MR) is 87.7 cm³/mol. The molecule has 1 aromatic rings. The summed E-state index contributed by atoms with van der Waals surface area (Å²) in [6.07, 6.45) is 9.74. The Morgan fingerprint density at radius 3 is 2.55 bits per heavy atom. The maximum absolute atomic E-state index is 6.09. The number of nitrogens with zero attached hydrogens (tertiary/aromatic N) is 2. The van der Waals surface area contributed by atoms with Gasteiger partial charge in [-0.2, -0.15) is 0 Å². The summed E-state index contributed by atoms with van der Waals surface area (Å²) >= 11 is 2.30. The molecule has 4 nitrogen and oxygen atoms in total. The van der Waals surface area contributed by atoms with Crippen LogP contribution < -0.4 is 5.73 Å². The Bertz CT molecular complexity index is 468. The van der Waals surface area contributed by atoms with Gasteiger partial charge in [0.1, 0.15) is 11.6 Å². The molecular weight excluding hydrogens is 365 g/mol. The van der Waals surface area contributed by atoms with Crippen molar-refractivity contribution in [3.05, 3.63) is 15.1 Å². The highest BCUT2D eigenvalue weighted by atomic mass is 127. The van der Waals surface area contributed by atoms with E-state index in [1.54, 1.807) is 0 Å². The van der Waals surface area contributed by atoms with E-state index in [1.165, 1.54) is 44.2 Å². The third-order valence-electron chi connectivity index (χ3n) is 4.37. The monoisotopic (exact) mass is 387 g/mol. The van der Waals surface area contributed by atoms with Crippen LogP contribution in [0, 0.1) is 3.57 Å². The Labute approximate surface area is 134 Å². The lowest BCUT2D eigenvalue weighted by molar-refractivity contribution is 0.0156. The van der Waals surface area contributed by atoms with Gasteiger partial charge in [-0.05, 0) is 54.7 Å². The number of hydrogen-bond acceptors (Lipinski definition) is 4. The third kappa shape index (κ3) is 3.24. The molecule has 1 aromatic heterocycles. The average Bonchev–Trinajstić information content (AvgIpc) is 2.98. The van der Waals surface area contributed by atoms with Gasteiger partial charge in [-0.25, -0.2) is 9.97 Å². The van der Waals surface area contributed by atoms with Gasteiger partial charge < -0.3 is 10.5 Å². The molecule has 1 aliphatic carbocycles. The second-order valence-corrected chi connectivity index (χ2v) is 6.98. The van der Waals surface area contributed by atoms with Gasteiger partial charge in [0.05, 0.1) is 15.4 Å². The Morgan fingerprint density at radius 1 is 1.10 bits per heavy atom. The van der Waals surface area contributed by atoms with Crippen LogP contribution in [0.4, 0.5) is 5.82 Å². The van der Waals surface area contributed by atoms with E-state index in [4.69, 9.17) is 15.5 Å². The lowest BCUT2D eigenvalue weighted by Crippen LogP contribution is -2.23. The highest BCUT2D eigenvalue weighted by molar-refractivity contribution is 14.1. The van der Waals surface area contributed by atoms with Crippen LogP contribution in [0.3, 0.4) is 0 Å². The maximum Gasteiger partial charge on any atom is 0.140 e. The van der Waals surface area contributed by atoms with Gasteiger partial charge in [-0.15, -0.1) is 0 Å². The molecule has 3 rings (SSSR count). The van der Waals surface area contributed by atoms with E-state index >= 15 is 0 Å². The quantitative estimate of drug-likeness (QED) is 0.808. The summed E-state index contributed by atoms with van der Waals surface area (Å²) in [6, 6.07) is 0. The van der Waals surface area contributed by atoms with Gasteiger partial charge in [-0.3, -0.25) is 0 Å². The van der Waals surface area contributed by atoms with Crippen molar-refractivity contribution in [1.82, 2.24) is 9.97 Å². The van der Waals surface area contributed by atoms with Crippen molar-refractivity contribution >= 4 is 28.4 Å². The molecule has 20 heavy (non-hydrogen) atoms. The molecule has 110 valence electrons. The number of aromatic nitrogens is 2. The highest BCUT2D eigenvalue weighted by Gasteiger charge is 2.24. The molecule has 2 fully saturated rings. The summed E-state index contributed by atoms with van der Waals surface area (Å²) in [5, 5.41) is 0. The molecule has 1 unspecified atom stereocenters. The Hall–Kier alpha value is -0.430. The fourth-order valence-electron chi connectivity index (χ4n) is 3.27. The Morgan fingerprint density at radius 2 is 1.85 bits per heavy atom. The first kappa shape index (κ1) is 14.5. The van der Waals surface area contributed by atoms with Crippen LogP contribution in [-0.4, -0.2) is 22.7 Å². The van der Waals surface area contributed by atoms with E-state index in [0.717, 1.165) is 28.8 Å². The molecule has 0 spiro atoms. The zero-order valence-electron chi connectivity index (χ0n) is 11.8. The van der Waals surface area contributed by atoms with E-state index in [-0.39, 0.29) is 6.10 Å². The number of halogens is 1. The summed E-state index contributed by atoms with van der Waals surface area (Å²) in [7, 11) is 0. The van der Waals surface area contributed by atoms with Gasteiger partial charge in [0.15, 0.2) is 0 Å². The highest BCUT2D eigenvalue weighted by Crippen LogP contribution is 2.36. The molecule has 0 aromatic carbocycles. The second kappa shape index (κ2) is 6.56. The number of nitrogen functional groups attached to an aromatic ring is 1. The van der Waals surface area contributed by atoms with Gasteiger partial charge in [0.2, 0.25) is 0 Å². The summed E-state index contributed by atoms with van der Waals surface area (Å²) in [4.78, 5) is 9.31. The molecule has 0 bridgehead atoms. The van der Waals surface area contributed by atoms with E-state index in [9.17, 15) is 0 Å². The number of hydrogen-bond donors (Lipinski definition) is 1. The molecule has 0 amide bonds. The first-order chi connectivity index (χ1) is 9.74. The Balaban J connectivity index is 1.80. The average molecular weight is 387 g/mol. The van der Waals surface area contributed by atoms with Crippen molar-refractivity contribution in [3.8, 4) is 0 Å². The SMILES string of the molecule is Nc1nc(CC2CCCCO2)nc(C2CCCC2)c1I. The van der Waals surface area contributed by atoms with Crippen molar-refractivity contribution in [2.75, 3.05) is 12.3 Å². The van der Waals surface area contributed by atoms with Crippen LogP contribution in [0.1, 0.15) is 62.4 Å². The Kier molecular flexibility index (Phi) is 4.75. The number of rotatable bonds is 3. The van der Waals surface area contributed by atoms with Crippen molar-refractivity contribution < 1.29 is 4.74 Å². The zero-order chi connectivity index (χ0) is 13.9. The number of anilines is 1. The molecule has 1 atom stereocenters. The third-order valence-corrected chi connectivity index (χ3v) is 5.48. The zero-order valence-corrected chi connectivity index (χ0v) is 13.9. The lowest BCUT2D eigenvalue weighted by atomic mass is 10.0. The minimum atomic E-state index is 0.277. The molecule has 2 N–H and O–H groups in total. The molecule has 1 saturated heterocycles. The van der Waals surface area contributed by atoms with E-state index in [0.29, 0.717) is 11.7 Å². The number of ether oxygens (including phenoxy) is 1. The lowest BCUT2D eigenvalue weighted by Gasteiger charge is -2.22. The smallest absolute Gasteiger partial charge is 0.140 e.